The Hall–Kier alpha value is -0.570. The number of hydrogen-bond donors (Lipinski definition) is 2. The van der Waals surface area contributed by atoms with Gasteiger partial charge in [-0.25, -0.2) is 0 Å². The summed E-state index contributed by atoms with van der Waals surface area (Å²) in [7, 11) is 0. The molecule has 0 heterocycles. The SMILES string of the molecule is NCCCCCCCCN[C]=O. The molecule has 0 aliphatic rings. The second kappa shape index (κ2) is 10.4. The zero-order valence-corrected chi connectivity index (χ0v) is 7.64. The summed E-state index contributed by atoms with van der Waals surface area (Å²) in [4.78, 5) is 9.73. The van der Waals surface area contributed by atoms with Gasteiger partial charge >= 0.3 is 6.41 Å². The molecule has 0 saturated heterocycles. The molecule has 0 aliphatic heterocycles. The van der Waals surface area contributed by atoms with Crippen LogP contribution in [0.1, 0.15) is 38.5 Å². The van der Waals surface area contributed by atoms with E-state index in [2.05, 4.69) is 5.32 Å². The quantitative estimate of drug-likeness (QED) is 0.401. The summed E-state index contributed by atoms with van der Waals surface area (Å²) < 4.78 is 0. The van der Waals surface area contributed by atoms with Crippen LogP contribution in [0, 0.1) is 0 Å². The molecule has 0 saturated carbocycles. The van der Waals surface area contributed by atoms with Crippen molar-refractivity contribution in [2.75, 3.05) is 13.1 Å². The van der Waals surface area contributed by atoms with Crippen molar-refractivity contribution in [2.24, 2.45) is 5.73 Å². The lowest BCUT2D eigenvalue weighted by Gasteiger charge is -1.99. The summed E-state index contributed by atoms with van der Waals surface area (Å²) in [6, 6.07) is 0. The van der Waals surface area contributed by atoms with E-state index in [0.29, 0.717) is 0 Å². The number of amides is 1. The van der Waals surface area contributed by atoms with Gasteiger partial charge in [0.15, 0.2) is 0 Å². The van der Waals surface area contributed by atoms with Gasteiger partial charge in [-0.15, -0.1) is 0 Å². The fraction of sp³-hybridized carbons (Fsp3) is 0.889. The Bertz CT molecular complexity index is 96.5. The van der Waals surface area contributed by atoms with Crippen LogP contribution >= 0.6 is 0 Å². The van der Waals surface area contributed by atoms with Crippen LogP contribution in [-0.4, -0.2) is 19.5 Å². The minimum absolute atomic E-state index is 0.764. The molecule has 1 amide bonds. The van der Waals surface area contributed by atoms with Crippen molar-refractivity contribution < 1.29 is 4.79 Å². The molecule has 0 fully saturated rings. The van der Waals surface area contributed by atoms with Gasteiger partial charge in [0, 0.05) is 6.54 Å². The number of nitrogens with one attached hydrogen (secondary N) is 1. The third-order valence-corrected chi connectivity index (χ3v) is 1.83. The smallest absolute Gasteiger partial charge is 0.309 e. The first-order valence-electron chi connectivity index (χ1n) is 4.72. The zero-order valence-electron chi connectivity index (χ0n) is 7.64. The fourth-order valence-corrected chi connectivity index (χ4v) is 1.12. The van der Waals surface area contributed by atoms with Crippen LogP contribution in [0.2, 0.25) is 0 Å². The lowest BCUT2D eigenvalue weighted by atomic mass is 10.1. The topological polar surface area (TPSA) is 55.1 Å². The Morgan fingerprint density at radius 1 is 1.00 bits per heavy atom. The normalized spacial score (nSPS) is 9.75. The predicted molar refractivity (Wildman–Crippen MR) is 50.5 cm³/mol. The molecule has 0 atom stereocenters. The molecule has 3 nitrogen and oxygen atoms in total. The van der Waals surface area contributed by atoms with Gasteiger partial charge in [0.2, 0.25) is 0 Å². The number of unbranched alkanes of at least 4 members (excludes halogenated alkanes) is 5. The Morgan fingerprint density at radius 2 is 1.58 bits per heavy atom. The van der Waals surface area contributed by atoms with Gasteiger partial charge in [0.05, 0.1) is 0 Å². The summed E-state index contributed by atoms with van der Waals surface area (Å²) in [5.74, 6) is 0. The Balaban J connectivity index is 2.77. The van der Waals surface area contributed by atoms with E-state index in [4.69, 9.17) is 5.73 Å². The largest absolute Gasteiger partial charge is 0.348 e. The van der Waals surface area contributed by atoms with Gasteiger partial charge in [-0.1, -0.05) is 25.7 Å². The van der Waals surface area contributed by atoms with Gasteiger partial charge in [0.1, 0.15) is 0 Å². The molecule has 3 heteroatoms. The van der Waals surface area contributed by atoms with Crippen LogP contribution in [-0.2, 0) is 4.79 Å². The standard InChI is InChI=1S/C9H19N2O/c10-7-5-3-1-2-4-6-8-11-9-12/h1-8,10H2,(H,11,12). The van der Waals surface area contributed by atoms with Crippen molar-refractivity contribution in [3.05, 3.63) is 0 Å². The first-order chi connectivity index (χ1) is 5.91. The van der Waals surface area contributed by atoms with Gasteiger partial charge < -0.3 is 11.1 Å². The highest BCUT2D eigenvalue weighted by Crippen LogP contribution is 2.03. The zero-order chi connectivity index (χ0) is 9.07. The molecular weight excluding hydrogens is 152 g/mol. The monoisotopic (exact) mass is 171 g/mol. The van der Waals surface area contributed by atoms with Crippen molar-refractivity contribution in [2.45, 2.75) is 38.5 Å². The molecule has 0 aromatic carbocycles. The molecule has 71 valence electrons. The fourth-order valence-electron chi connectivity index (χ4n) is 1.12. The Kier molecular flexibility index (Phi) is 9.93. The van der Waals surface area contributed by atoms with Crippen molar-refractivity contribution in [1.82, 2.24) is 5.32 Å². The number of hydrogen-bond acceptors (Lipinski definition) is 2. The highest BCUT2D eigenvalue weighted by atomic mass is 16.1. The molecule has 0 aromatic heterocycles. The van der Waals surface area contributed by atoms with Crippen LogP contribution in [0.25, 0.3) is 0 Å². The highest BCUT2D eigenvalue weighted by molar-refractivity contribution is 5.46. The van der Waals surface area contributed by atoms with Crippen LogP contribution in [0.5, 0.6) is 0 Å². The average molecular weight is 171 g/mol. The maximum atomic E-state index is 9.73. The minimum atomic E-state index is 0.764. The molecule has 12 heavy (non-hydrogen) atoms. The molecule has 0 aliphatic carbocycles. The highest BCUT2D eigenvalue weighted by Gasteiger charge is 1.89. The summed E-state index contributed by atoms with van der Waals surface area (Å²) in [6.45, 7) is 1.57. The Labute approximate surface area is 74.7 Å². The number of rotatable bonds is 9. The van der Waals surface area contributed by atoms with E-state index < -0.39 is 0 Å². The van der Waals surface area contributed by atoms with Crippen LogP contribution in [0.15, 0.2) is 0 Å². The molecule has 1 radical (unpaired) electrons. The Morgan fingerprint density at radius 3 is 2.17 bits per heavy atom. The average Bonchev–Trinajstić information content (AvgIpc) is 2.10. The molecular formula is C9H19N2O. The summed E-state index contributed by atoms with van der Waals surface area (Å²) >= 11 is 0. The van der Waals surface area contributed by atoms with E-state index in [-0.39, 0.29) is 0 Å². The molecule has 3 N–H and O–H groups in total. The lowest BCUT2D eigenvalue weighted by molar-refractivity contribution is 0.534. The second-order valence-corrected chi connectivity index (χ2v) is 2.94. The van der Waals surface area contributed by atoms with Crippen LogP contribution < -0.4 is 11.1 Å². The van der Waals surface area contributed by atoms with E-state index in [1.807, 2.05) is 0 Å². The van der Waals surface area contributed by atoms with Crippen molar-refractivity contribution in [3.8, 4) is 0 Å². The van der Waals surface area contributed by atoms with E-state index in [1.165, 1.54) is 25.7 Å². The molecule has 0 rings (SSSR count). The van der Waals surface area contributed by atoms with Gasteiger partial charge in [0.25, 0.3) is 0 Å². The first-order valence-corrected chi connectivity index (χ1v) is 4.72. The third-order valence-electron chi connectivity index (χ3n) is 1.83. The van der Waals surface area contributed by atoms with Crippen molar-refractivity contribution in [1.29, 1.82) is 0 Å². The molecule has 0 spiro atoms. The van der Waals surface area contributed by atoms with E-state index >= 15 is 0 Å². The summed E-state index contributed by atoms with van der Waals surface area (Å²) in [6.07, 6.45) is 8.82. The van der Waals surface area contributed by atoms with Gasteiger partial charge in [-0.2, -0.15) is 0 Å². The van der Waals surface area contributed by atoms with Crippen molar-refractivity contribution >= 4 is 6.41 Å². The second-order valence-electron chi connectivity index (χ2n) is 2.94. The van der Waals surface area contributed by atoms with Crippen molar-refractivity contribution in [3.63, 3.8) is 0 Å². The molecule has 0 aromatic rings. The number of carbonyl (C=O) groups excluding carboxylic acids is 1. The first kappa shape index (κ1) is 11.4. The summed E-state index contributed by atoms with van der Waals surface area (Å²) in [5.41, 5.74) is 5.36. The van der Waals surface area contributed by atoms with Crippen LogP contribution in [0.4, 0.5) is 0 Å². The van der Waals surface area contributed by atoms with E-state index in [9.17, 15) is 4.79 Å². The molecule has 0 bridgehead atoms. The lowest BCUT2D eigenvalue weighted by Crippen LogP contribution is -2.11. The maximum Gasteiger partial charge on any atom is 0.309 e. The molecule has 0 unspecified atom stereocenters. The van der Waals surface area contributed by atoms with E-state index in [0.717, 1.165) is 25.9 Å². The summed E-state index contributed by atoms with van der Waals surface area (Å²) in [5, 5.41) is 2.52. The predicted octanol–water partition coefficient (Wildman–Crippen LogP) is 0.942. The van der Waals surface area contributed by atoms with Gasteiger partial charge in [-0.3, -0.25) is 4.79 Å². The maximum absolute atomic E-state index is 9.73. The van der Waals surface area contributed by atoms with E-state index in [1.54, 1.807) is 6.41 Å². The minimum Gasteiger partial charge on any atom is -0.348 e. The van der Waals surface area contributed by atoms with Crippen LogP contribution in [0.3, 0.4) is 0 Å². The number of nitrogens with two attached hydrogens (primary N) is 1. The third kappa shape index (κ3) is 9.43. The van der Waals surface area contributed by atoms with Gasteiger partial charge in [-0.05, 0) is 19.4 Å².